The molecule has 0 N–H and O–H groups in total. The van der Waals surface area contributed by atoms with Crippen LogP contribution in [0.25, 0.3) is 78.4 Å². The number of benzene rings is 6. The van der Waals surface area contributed by atoms with E-state index in [1.807, 2.05) is 60.9 Å². The molecule has 0 fully saturated rings. The van der Waals surface area contributed by atoms with Crippen LogP contribution in [0.2, 0.25) is 0 Å². The van der Waals surface area contributed by atoms with Crippen molar-refractivity contribution in [1.82, 2.24) is 15.0 Å². The zero-order chi connectivity index (χ0) is 32.1. The second kappa shape index (κ2) is 13.1. The third-order valence-electron chi connectivity index (χ3n) is 8.57. The van der Waals surface area contributed by atoms with Crippen molar-refractivity contribution in [2.75, 3.05) is 0 Å². The molecule has 0 atom stereocenters. The van der Waals surface area contributed by atoms with E-state index in [0.717, 1.165) is 67.0 Å². The van der Waals surface area contributed by atoms with Crippen LogP contribution in [0, 0.1) is 0 Å². The summed E-state index contributed by atoms with van der Waals surface area (Å²) in [5, 5.41) is 0. The lowest BCUT2D eigenvalue weighted by Gasteiger charge is -2.14. The topological polar surface area (TPSA) is 38.7 Å². The van der Waals surface area contributed by atoms with E-state index in [9.17, 15) is 0 Å². The minimum absolute atomic E-state index is 0.690. The Hall–Kier alpha value is -6.45. The molecule has 6 aromatic carbocycles. The molecule has 0 spiro atoms. The minimum Gasteiger partial charge on any atom is -0.265 e. The summed E-state index contributed by atoms with van der Waals surface area (Å²) >= 11 is 0. The van der Waals surface area contributed by atoms with Gasteiger partial charge in [-0.15, -0.1) is 0 Å². The van der Waals surface area contributed by atoms with Gasteiger partial charge in [-0.05, 0) is 93.0 Å². The van der Waals surface area contributed by atoms with Gasteiger partial charge < -0.3 is 0 Å². The smallest absolute Gasteiger partial charge is 0.160 e. The lowest BCUT2D eigenvalue weighted by atomic mass is 9.93. The van der Waals surface area contributed by atoms with Crippen molar-refractivity contribution < 1.29 is 0 Å². The number of hydrogen-bond acceptors (Lipinski definition) is 3. The van der Waals surface area contributed by atoms with Gasteiger partial charge in [0.2, 0.25) is 0 Å². The highest BCUT2D eigenvalue weighted by atomic mass is 14.9. The van der Waals surface area contributed by atoms with Crippen LogP contribution in [0.15, 0.2) is 188 Å². The Morgan fingerprint density at radius 2 is 0.604 bits per heavy atom. The third-order valence-corrected chi connectivity index (χ3v) is 8.57. The summed E-state index contributed by atoms with van der Waals surface area (Å²) in [6, 6.07) is 61.5. The fraction of sp³-hybridized carbons (Fsp3) is 0. The predicted octanol–water partition coefficient (Wildman–Crippen LogP) is 11.5. The Labute approximate surface area is 280 Å². The predicted molar refractivity (Wildman–Crippen MR) is 198 cm³/mol. The fourth-order valence-corrected chi connectivity index (χ4v) is 6.11. The zero-order valence-corrected chi connectivity index (χ0v) is 26.2. The number of aromatic nitrogens is 3. The molecule has 0 saturated heterocycles. The highest BCUT2D eigenvalue weighted by Crippen LogP contribution is 2.36. The monoisotopic (exact) mass is 613 g/mol. The van der Waals surface area contributed by atoms with Gasteiger partial charge in [-0.1, -0.05) is 127 Å². The molecule has 2 aromatic heterocycles. The first kappa shape index (κ1) is 29.0. The lowest BCUT2D eigenvalue weighted by molar-refractivity contribution is 1.18. The maximum atomic E-state index is 5.16. The summed E-state index contributed by atoms with van der Waals surface area (Å²) in [6.45, 7) is 0. The van der Waals surface area contributed by atoms with Gasteiger partial charge in [0.25, 0.3) is 0 Å². The lowest BCUT2D eigenvalue weighted by Crippen LogP contribution is -1.97. The molecule has 0 radical (unpaired) electrons. The summed E-state index contributed by atoms with van der Waals surface area (Å²) in [5.41, 5.74) is 14.0. The van der Waals surface area contributed by atoms with Crippen molar-refractivity contribution in [3.05, 3.63) is 188 Å². The fourth-order valence-electron chi connectivity index (χ4n) is 6.11. The van der Waals surface area contributed by atoms with E-state index in [0.29, 0.717) is 5.82 Å². The van der Waals surface area contributed by atoms with Gasteiger partial charge in [-0.25, -0.2) is 9.97 Å². The Bertz CT molecular complexity index is 2260. The molecule has 0 unspecified atom stereocenters. The van der Waals surface area contributed by atoms with Crippen LogP contribution in [0.5, 0.6) is 0 Å². The number of pyridine rings is 1. The van der Waals surface area contributed by atoms with E-state index in [4.69, 9.17) is 9.97 Å². The molecule has 0 aliphatic carbocycles. The average Bonchev–Trinajstić information content (AvgIpc) is 3.19. The molecular weight excluding hydrogens is 583 g/mol. The largest absolute Gasteiger partial charge is 0.265 e. The molecule has 0 saturated carbocycles. The maximum absolute atomic E-state index is 5.16. The molecule has 48 heavy (non-hydrogen) atoms. The Morgan fingerprint density at radius 3 is 1.12 bits per heavy atom. The molecule has 8 rings (SSSR count). The highest BCUT2D eigenvalue weighted by molar-refractivity contribution is 5.83. The third kappa shape index (κ3) is 6.18. The Morgan fingerprint density at radius 1 is 0.250 bits per heavy atom. The van der Waals surface area contributed by atoms with E-state index in [2.05, 4.69) is 132 Å². The molecule has 3 nitrogen and oxygen atoms in total. The summed E-state index contributed by atoms with van der Waals surface area (Å²) in [7, 11) is 0. The van der Waals surface area contributed by atoms with Gasteiger partial charge in [-0.2, -0.15) is 0 Å². The van der Waals surface area contributed by atoms with Crippen LogP contribution in [0.1, 0.15) is 0 Å². The van der Waals surface area contributed by atoms with E-state index in [1.165, 1.54) is 5.56 Å². The average molecular weight is 614 g/mol. The van der Waals surface area contributed by atoms with Crippen LogP contribution in [0.4, 0.5) is 0 Å². The van der Waals surface area contributed by atoms with Gasteiger partial charge in [0.15, 0.2) is 5.82 Å². The maximum Gasteiger partial charge on any atom is 0.160 e. The van der Waals surface area contributed by atoms with E-state index >= 15 is 0 Å². The zero-order valence-electron chi connectivity index (χ0n) is 26.2. The normalized spacial score (nSPS) is 10.9. The summed E-state index contributed by atoms with van der Waals surface area (Å²) in [6.07, 6.45) is 3.67. The second-order valence-electron chi connectivity index (χ2n) is 11.8. The van der Waals surface area contributed by atoms with Gasteiger partial charge in [0.05, 0.1) is 11.4 Å². The molecule has 8 aromatic rings. The van der Waals surface area contributed by atoms with E-state index in [-0.39, 0.29) is 0 Å². The van der Waals surface area contributed by atoms with Gasteiger partial charge in [0, 0.05) is 29.1 Å². The summed E-state index contributed by atoms with van der Waals surface area (Å²) in [5.74, 6) is 0.690. The van der Waals surface area contributed by atoms with Crippen LogP contribution in [0.3, 0.4) is 0 Å². The van der Waals surface area contributed by atoms with Crippen LogP contribution < -0.4 is 0 Å². The molecule has 226 valence electrons. The van der Waals surface area contributed by atoms with Crippen molar-refractivity contribution >= 4 is 0 Å². The number of nitrogens with zero attached hydrogens (tertiary/aromatic N) is 3. The Balaban J connectivity index is 1.28. The van der Waals surface area contributed by atoms with Crippen molar-refractivity contribution in [3.8, 4) is 78.4 Å². The quantitative estimate of drug-likeness (QED) is 0.179. The van der Waals surface area contributed by atoms with E-state index in [1.54, 1.807) is 0 Å². The SMILES string of the molecule is c1ccc(-c2cc(-c3cccc(-c4cccc(-c5ccncc5)c4)c3)cc(-c3nc(-c4ccccc4)cc(-c4ccccc4)n3)c2)cc1. The van der Waals surface area contributed by atoms with Gasteiger partial charge in [-0.3, -0.25) is 4.98 Å². The highest BCUT2D eigenvalue weighted by Gasteiger charge is 2.14. The van der Waals surface area contributed by atoms with Crippen LogP contribution in [-0.2, 0) is 0 Å². The molecule has 0 aliphatic rings. The molecule has 0 bridgehead atoms. The molecule has 0 amide bonds. The van der Waals surface area contributed by atoms with Gasteiger partial charge in [0.1, 0.15) is 0 Å². The van der Waals surface area contributed by atoms with Crippen molar-refractivity contribution in [2.24, 2.45) is 0 Å². The molecular formula is C45H31N3. The number of hydrogen-bond donors (Lipinski definition) is 0. The number of rotatable bonds is 7. The van der Waals surface area contributed by atoms with Crippen molar-refractivity contribution in [2.45, 2.75) is 0 Å². The standard InChI is InChI=1S/C45H31N3/c1-4-12-32(13-5-1)40-28-41(39-21-11-20-38(27-39)37-19-10-18-36(26-37)33-22-24-46-25-23-33)30-42(29-40)45-47-43(34-14-6-2-7-15-34)31-44(48-45)35-16-8-3-9-17-35/h1-31H. The van der Waals surface area contributed by atoms with Gasteiger partial charge >= 0.3 is 0 Å². The molecule has 3 heteroatoms. The summed E-state index contributed by atoms with van der Waals surface area (Å²) in [4.78, 5) is 14.5. The van der Waals surface area contributed by atoms with E-state index < -0.39 is 0 Å². The Kier molecular flexibility index (Phi) is 7.92. The van der Waals surface area contributed by atoms with Crippen LogP contribution in [-0.4, -0.2) is 15.0 Å². The molecule has 2 heterocycles. The van der Waals surface area contributed by atoms with Crippen molar-refractivity contribution in [1.29, 1.82) is 0 Å². The summed E-state index contributed by atoms with van der Waals surface area (Å²) < 4.78 is 0. The molecule has 0 aliphatic heterocycles. The van der Waals surface area contributed by atoms with Crippen LogP contribution >= 0.6 is 0 Å². The first-order chi connectivity index (χ1) is 23.8. The minimum atomic E-state index is 0.690. The first-order valence-corrected chi connectivity index (χ1v) is 16.1. The second-order valence-corrected chi connectivity index (χ2v) is 11.8. The first-order valence-electron chi connectivity index (χ1n) is 16.1. The van der Waals surface area contributed by atoms with Crippen molar-refractivity contribution in [3.63, 3.8) is 0 Å².